The Kier molecular flexibility index (Phi) is 4.53. The first-order chi connectivity index (χ1) is 7.88. The summed E-state index contributed by atoms with van der Waals surface area (Å²) in [4.78, 5) is 14.2. The van der Waals surface area contributed by atoms with Crippen LogP contribution in [-0.2, 0) is 4.79 Å². The van der Waals surface area contributed by atoms with E-state index in [0.29, 0.717) is 5.92 Å². The fraction of sp³-hybridized carbons (Fsp3) is 0.846. The van der Waals surface area contributed by atoms with Crippen molar-refractivity contribution in [2.75, 3.05) is 13.1 Å². The van der Waals surface area contributed by atoms with E-state index in [0.717, 1.165) is 19.5 Å². The van der Waals surface area contributed by atoms with E-state index in [1.807, 2.05) is 4.90 Å². The van der Waals surface area contributed by atoms with Gasteiger partial charge in [0.25, 0.3) is 0 Å². The number of hydrogen-bond acceptors (Lipinski definition) is 3. The Morgan fingerprint density at radius 1 is 1.59 bits per heavy atom. The summed E-state index contributed by atoms with van der Waals surface area (Å²) in [6.45, 7) is 10.00. The monoisotopic (exact) mass is 237 g/mol. The van der Waals surface area contributed by atoms with Crippen LogP contribution in [0.5, 0.6) is 0 Å². The van der Waals surface area contributed by atoms with Crippen LogP contribution in [-0.4, -0.2) is 35.5 Å². The average Bonchev–Trinajstić information content (AvgIpc) is 2.21. The van der Waals surface area contributed by atoms with Gasteiger partial charge in [-0.3, -0.25) is 4.79 Å². The summed E-state index contributed by atoms with van der Waals surface area (Å²) >= 11 is 0. The van der Waals surface area contributed by atoms with Crippen LogP contribution in [0.2, 0.25) is 0 Å². The lowest BCUT2D eigenvalue weighted by Gasteiger charge is -2.45. The summed E-state index contributed by atoms with van der Waals surface area (Å²) < 4.78 is 0. The lowest BCUT2D eigenvalue weighted by Crippen LogP contribution is -2.65. The third-order valence-corrected chi connectivity index (χ3v) is 3.30. The first kappa shape index (κ1) is 14.0. The Hall–Kier alpha value is -1.08. The van der Waals surface area contributed by atoms with Gasteiger partial charge in [0.1, 0.15) is 6.04 Å². The molecule has 0 aromatic rings. The Balaban J connectivity index is 2.72. The van der Waals surface area contributed by atoms with Crippen molar-refractivity contribution >= 4 is 5.91 Å². The molecule has 1 aliphatic rings. The molecule has 0 spiro atoms. The van der Waals surface area contributed by atoms with E-state index in [1.165, 1.54) is 0 Å². The third kappa shape index (κ3) is 3.44. The molecule has 4 heteroatoms. The van der Waals surface area contributed by atoms with Crippen molar-refractivity contribution in [3.05, 3.63) is 0 Å². The van der Waals surface area contributed by atoms with E-state index >= 15 is 0 Å². The molecule has 1 unspecified atom stereocenters. The van der Waals surface area contributed by atoms with Crippen LogP contribution >= 0.6 is 0 Å². The number of nitrogens with zero attached hydrogens (tertiary/aromatic N) is 2. The molecule has 1 N–H and O–H groups in total. The van der Waals surface area contributed by atoms with Crippen molar-refractivity contribution in [3.63, 3.8) is 0 Å². The van der Waals surface area contributed by atoms with E-state index < -0.39 is 0 Å². The first-order valence-electron chi connectivity index (χ1n) is 6.30. The lowest BCUT2D eigenvalue weighted by atomic mass is 9.94. The van der Waals surface area contributed by atoms with Crippen molar-refractivity contribution < 1.29 is 4.79 Å². The maximum absolute atomic E-state index is 12.3. The molecule has 0 saturated carbocycles. The summed E-state index contributed by atoms with van der Waals surface area (Å²) in [7, 11) is 0. The zero-order valence-corrected chi connectivity index (χ0v) is 11.3. The zero-order valence-electron chi connectivity index (χ0n) is 11.3. The Labute approximate surface area is 104 Å². The van der Waals surface area contributed by atoms with Crippen molar-refractivity contribution in [3.8, 4) is 6.07 Å². The molecule has 1 heterocycles. The van der Waals surface area contributed by atoms with Crippen LogP contribution in [0, 0.1) is 17.2 Å². The van der Waals surface area contributed by atoms with Crippen LogP contribution in [0.1, 0.15) is 40.5 Å². The molecule has 0 aliphatic carbocycles. The molecule has 1 amide bonds. The Morgan fingerprint density at radius 3 is 2.76 bits per heavy atom. The highest BCUT2D eigenvalue weighted by Crippen LogP contribution is 2.21. The van der Waals surface area contributed by atoms with Crippen LogP contribution in [0.25, 0.3) is 0 Å². The van der Waals surface area contributed by atoms with E-state index in [2.05, 4.69) is 39.1 Å². The molecule has 96 valence electrons. The van der Waals surface area contributed by atoms with Gasteiger partial charge in [0.15, 0.2) is 0 Å². The normalized spacial score (nSPS) is 23.9. The molecular weight excluding hydrogens is 214 g/mol. The highest BCUT2D eigenvalue weighted by Gasteiger charge is 2.39. The van der Waals surface area contributed by atoms with Gasteiger partial charge in [0.2, 0.25) is 5.91 Å². The molecule has 1 fully saturated rings. The summed E-state index contributed by atoms with van der Waals surface area (Å²) in [5.74, 6) is 0.659. The highest BCUT2D eigenvalue weighted by atomic mass is 16.2. The first-order valence-corrected chi connectivity index (χ1v) is 6.30. The van der Waals surface area contributed by atoms with Crippen LogP contribution < -0.4 is 5.32 Å². The molecule has 1 atom stereocenters. The van der Waals surface area contributed by atoms with Gasteiger partial charge in [-0.05, 0) is 26.2 Å². The maximum atomic E-state index is 12.3. The number of carbonyl (C=O) groups excluding carboxylic acids is 1. The van der Waals surface area contributed by atoms with Gasteiger partial charge in [-0.15, -0.1) is 0 Å². The number of nitrogens with one attached hydrogen (secondary N) is 1. The second-order valence-electron chi connectivity index (χ2n) is 5.78. The molecular formula is C13H23N3O. The van der Waals surface area contributed by atoms with Crippen LogP contribution in [0.15, 0.2) is 0 Å². The van der Waals surface area contributed by atoms with Crippen LogP contribution in [0.4, 0.5) is 0 Å². The van der Waals surface area contributed by atoms with E-state index in [1.54, 1.807) is 0 Å². The summed E-state index contributed by atoms with van der Waals surface area (Å²) in [6.07, 6.45) is 1.27. The number of nitriles is 1. The number of hydrogen-bond donors (Lipinski definition) is 1. The second-order valence-corrected chi connectivity index (χ2v) is 5.78. The topological polar surface area (TPSA) is 56.1 Å². The lowest BCUT2D eigenvalue weighted by molar-refractivity contribution is -0.142. The van der Waals surface area contributed by atoms with Gasteiger partial charge in [0, 0.05) is 18.6 Å². The highest BCUT2D eigenvalue weighted by molar-refractivity contribution is 5.83. The smallest absolute Gasteiger partial charge is 0.241 e. The SMILES string of the molecule is CC(C)CCN1C(=O)C(CC#N)NCC1(C)C. The summed E-state index contributed by atoms with van der Waals surface area (Å²) in [5, 5.41) is 11.9. The van der Waals surface area contributed by atoms with Crippen molar-refractivity contribution in [1.82, 2.24) is 10.2 Å². The quantitative estimate of drug-likeness (QED) is 0.806. The zero-order chi connectivity index (χ0) is 13.1. The second kappa shape index (κ2) is 5.50. The number of rotatable bonds is 4. The van der Waals surface area contributed by atoms with Gasteiger partial charge >= 0.3 is 0 Å². The van der Waals surface area contributed by atoms with Crippen molar-refractivity contribution in [2.24, 2.45) is 5.92 Å². The fourth-order valence-electron chi connectivity index (χ4n) is 2.09. The molecule has 1 rings (SSSR count). The van der Waals surface area contributed by atoms with Crippen molar-refractivity contribution in [2.45, 2.75) is 52.1 Å². The maximum Gasteiger partial charge on any atom is 0.241 e. The molecule has 0 aromatic carbocycles. The number of piperazine rings is 1. The van der Waals surface area contributed by atoms with Crippen molar-refractivity contribution in [1.29, 1.82) is 5.26 Å². The average molecular weight is 237 g/mol. The Bertz CT molecular complexity index is 317. The fourth-order valence-corrected chi connectivity index (χ4v) is 2.09. The largest absolute Gasteiger partial charge is 0.335 e. The predicted molar refractivity (Wildman–Crippen MR) is 67.3 cm³/mol. The van der Waals surface area contributed by atoms with Gasteiger partial charge in [0.05, 0.1) is 12.5 Å². The third-order valence-electron chi connectivity index (χ3n) is 3.30. The number of carbonyl (C=O) groups is 1. The predicted octanol–water partition coefficient (Wildman–Crippen LogP) is 1.53. The van der Waals surface area contributed by atoms with Gasteiger partial charge in [-0.2, -0.15) is 5.26 Å². The van der Waals surface area contributed by atoms with E-state index in [4.69, 9.17) is 5.26 Å². The van der Waals surface area contributed by atoms with E-state index in [9.17, 15) is 4.79 Å². The van der Waals surface area contributed by atoms with E-state index in [-0.39, 0.29) is 23.9 Å². The van der Waals surface area contributed by atoms with Gasteiger partial charge < -0.3 is 10.2 Å². The van der Waals surface area contributed by atoms with Gasteiger partial charge in [-0.1, -0.05) is 13.8 Å². The minimum atomic E-state index is -0.319. The summed E-state index contributed by atoms with van der Waals surface area (Å²) in [6, 6.07) is 1.75. The van der Waals surface area contributed by atoms with Crippen LogP contribution in [0.3, 0.4) is 0 Å². The molecule has 0 bridgehead atoms. The van der Waals surface area contributed by atoms with Gasteiger partial charge in [-0.25, -0.2) is 0 Å². The molecule has 0 radical (unpaired) electrons. The molecule has 0 aromatic heterocycles. The molecule has 17 heavy (non-hydrogen) atoms. The summed E-state index contributed by atoms with van der Waals surface area (Å²) in [5.41, 5.74) is -0.155. The molecule has 1 aliphatic heterocycles. The molecule has 1 saturated heterocycles. The molecule has 4 nitrogen and oxygen atoms in total. The Morgan fingerprint density at radius 2 is 2.24 bits per heavy atom. The number of amides is 1. The minimum absolute atomic E-state index is 0.0726. The standard InChI is InChI=1S/C13H23N3O/c1-10(2)6-8-16-12(17)11(5-7-14)15-9-13(16,3)4/h10-11,15H,5-6,8-9H2,1-4H3. The minimum Gasteiger partial charge on any atom is -0.335 e.